The van der Waals surface area contributed by atoms with Crippen molar-refractivity contribution >= 4 is 21.7 Å². The molecule has 0 bridgehead atoms. The molecular formula is C18H18N2O3S. The highest BCUT2D eigenvalue weighted by Gasteiger charge is 2.38. The molecule has 4 rings (SSSR count). The molecule has 1 heterocycles. The fourth-order valence-corrected chi connectivity index (χ4v) is 5.10. The zero-order valence-electron chi connectivity index (χ0n) is 13.1. The van der Waals surface area contributed by atoms with Gasteiger partial charge >= 0.3 is 6.03 Å². The molecule has 24 heavy (non-hydrogen) atoms. The summed E-state index contributed by atoms with van der Waals surface area (Å²) < 4.78 is 26.6. The average molecular weight is 342 g/mol. The SMILES string of the molecule is O=C1Nc2ccccc2S(=O)(=O)N1CC1CCc2ccccc2C1. The van der Waals surface area contributed by atoms with Gasteiger partial charge < -0.3 is 5.32 Å². The highest BCUT2D eigenvalue weighted by Crippen LogP contribution is 2.32. The van der Waals surface area contributed by atoms with Crippen LogP contribution >= 0.6 is 0 Å². The largest absolute Gasteiger partial charge is 0.335 e. The Morgan fingerprint density at radius 2 is 1.75 bits per heavy atom. The molecule has 0 spiro atoms. The first-order valence-electron chi connectivity index (χ1n) is 8.05. The number of hydrogen-bond donors (Lipinski definition) is 1. The number of carbonyl (C=O) groups excluding carboxylic acids is 1. The number of anilines is 1. The molecule has 0 fully saturated rings. The van der Waals surface area contributed by atoms with E-state index in [-0.39, 0.29) is 17.4 Å². The predicted octanol–water partition coefficient (Wildman–Crippen LogP) is 3.03. The van der Waals surface area contributed by atoms with E-state index >= 15 is 0 Å². The minimum absolute atomic E-state index is 0.144. The minimum Gasteiger partial charge on any atom is -0.306 e. The maximum atomic E-state index is 12.8. The number of nitrogens with zero attached hydrogens (tertiary/aromatic N) is 1. The second-order valence-corrected chi connectivity index (χ2v) is 8.17. The van der Waals surface area contributed by atoms with Crippen molar-refractivity contribution in [2.45, 2.75) is 24.2 Å². The molecule has 1 aliphatic heterocycles. The lowest BCUT2D eigenvalue weighted by Crippen LogP contribution is -2.46. The fraction of sp³-hybridized carbons (Fsp3) is 0.278. The Bertz CT molecular complexity index is 908. The van der Waals surface area contributed by atoms with Crippen molar-refractivity contribution in [3.8, 4) is 0 Å². The molecule has 1 atom stereocenters. The number of benzene rings is 2. The van der Waals surface area contributed by atoms with Gasteiger partial charge in [-0.15, -0.1) is 0 Å². The molecule has 1 unspecified atom stereocenters. The zero-order chi connectivity index (χ0) is 16.7. The Hall–Kier alpha value is -2.34. The van der Waals surface area contributed by atoms with Gasteiger partial charge in [-0.3, -0.25) is 0 Å². The number of urea groups is 1. The Morgan fingerprint density at radius 3 is 2.58 bits per heavy atom. The van der Waals surface area contributed by atoms with E-state index in [9.17, 15) is 13.2 Å². The van der Waals surface area contributed by atoms with E-state index in [1.807, 2.05) is 12.1 Å². The van der Waals surface area contributed by atoms with Crippen LogP contribution in [-0.2, 0) is 22.9 Å². The number of amides is 2. The first kappa shape index (κ1) is 15.2. The lowest BCUT2D eigenvalue weighted by molar-refractivity contribution is 0.227. The summed E-state index contributed by atoms with van der Waals surface area (Å²) in [6.07, 6.45) is 2.61. The second-order valence-electron chi connectivity index (χ2n) is 6.34. The molecule has 124 valence electrons. The first-order valence-corrected chi connectivity index (χ1v) is 9.49. The molecule has 0 aromatic heterocycles. The van der Waals surface area contributed by atoms with E-state index in [4.69, 9.17) is 0 Å². The summed E-state index contributed by atoms with van der Waals surface area (Å²) in [4.78, 5) is 12.5. The predicted molar refractivity (Wildman–Crippen MR) is 91.3 cm³/mol. The van der Waals surface area contributed by atoms with Gasteiger partial charge in [0.25, 0.3) is 10.0 Å². The van der Waals surface area contributed by atoms with Crippen molar-refractivity contribution in [2.24, 2.45) is 5.92 Å². The van der Waals surface area contributed by atoms with E-state index in [1.165, 1.54) is 17.2 Å². The van der Waals surface area contributed by atoms with E-state index in [2.05, 4.69) is 17.4 Å². The summed E-state index contributed by atoms with van der Waals surface area (Å²) in [5, 5.41) is 2.68. The highest BCUT2D eigenvalue weighted by molar-refractivity contribution is 7.90. The number of para-hydroxylation sites is 1. The number of sulfonamides is 1. The van der Waals surface area contributed by atoms with E-state index in [0.29, 0.717) is 5.69 Å². The molecule has 6 heteroatoms. The van der Waals surface area contributed by atoms with Crippen LogP contribution in [0.5, 0.6) is 0 Å². The Kier molecular flexibility index (Phi) is 3.57. The van der Waals surface area contributed by atoms with Crippen LogP contribution < -0.4 is 5.32 Å². The smallest absolute Gasteiger partial charge is 0.306 e. The average Bonchev–Trinajstić information content (AvgIpc) is 2.58. The summed E-state index contributed by atoms with van der Waals surface area (Å²) in [5.74, 6) is 0.144. The molecule has 0 saturated heterocycles. The fourth-order valence-electron chi connectivity index (χ4n) is 3.54. The molecule has 2 aromatic carbocycles. The third-order valence-electron chi connectivity index (χ3n) is 4.80. The van der Waals surface area contributed by atoms with E-state index in [0.717, 1.165) is 23.6 Å². The maximum Gasteiger partial charge on any atom is 0.335 e. The van der Waals surface area contributed by atoms with Crippen LogP contribution in [0.4, 0.5) is 10.5 Å². The minimum atomic E-state index is -3.79. The molecule has 0 radical (unpaired) electrons. The van der Waals surface area contributed by atoms with Crippen molar-refractivity contribution in [3.05, 3.63) is 59.7 Å². The molecule has 1 N–H and O–H groups in total. The first-order chi connectivity index (χ1) is 11.6. The number of rotatable bonds is 2. The van der Waals surface area contributed by atoms with Crippen molar-refractivity contribution in [1.29, 1.82) is 0 Å². The standard InChI is InChI=1S/C18H18N2O3S/c21-18-19-16-7-3-4-8-17(16)24(22,23)20(18)12-13-9-10-14-5-1-2-6-15(14)11-13/h1-8,13H,9-12H2,(H,19,21). The van der Waals surface area contributed by atoms with Crippen LogP contribution in [0.25, 0.3) is 0 Å². The Morgan fingerprint density at radius 1 is 1.04 bits per heavy atom. The van der Waals surface area contributed by atoms with Crippen molar-refractivity contribution < 1.29 is 13.2 Å². The van der Waals surface area contributed by atoms with Crippen molar-refractivity contribution in [2.75, 3.05) is 11.9 Å². The van der Waals surface area contributed by atoms with Crippen LogP contribution in [-0.4, -0.2) is 25.3 Å². The summed E-state index contributed by atoms with van der Waals surface area (Å²) in [5.41, 5.74) is 2.93. The van der Waals surface area contributed by atoms with Gasteiger partial charge in [-0.25, -0.2) is 17.5 Å². The molecular weight excluding hydrogens is 324 g/mol. The molecule has 1 aliphatic carbocycles. The van der Waals surface area contributed by atoms with Gasteiger partial charge in [-0.05, 0) is 48.4 Å². The summed E-state index contributed by atoms with van der Waals surface area (Å²) in [6, 6.07) is 14.2. The van der Waals surface area contributed by atoms with Gasteiger partial charge in [0.1, 0.15) is 4.90 Å². The van der Waals surface area contributed by atoms with Gasteiger partial charge in [0.05, 0.1) is 5.69 Å². The summed E-state index contributed by atoms with van der Waals surface area (Å²) in [6.45, 7) is 0.219. The normalized spacial score (nSPS) is 21.6. The zero-order valence-corrected chi connectivity index (χ0v) is 13.9. The van der Waals surface area contributed by atoms with Gasteiger partial charge in [0.15, 0.2) is 0 Å². The van der Waals surface area contributed by atoms with Crippen molar-refractivity contribution in [3.63, 3.8) is 0 Å². The third kappa shape index (κ3) is 2.47. The van der Waals surface area contributed by atoms with Gasteiger partial charge in [0, 0.05) is 6.54 Å². The molecule has 2 aliphatic rings. The van der Waals surface area contributed by atoms with Crippen LogP contribution in [0.1, 0.15) is 17.5 Å². The topological polar surface area (TPSA) is 66.5 Å². The van der Waals surface area contributed by atoms with E-state index in [1.54, 1.807) is 18.2 Å². The number of carbonyl (C=O) groups is 1. The summed E-state index contributed by atoms with van der Waals surface area (Å²) >= 11 is 0. The third-order valence-corrected chi connectivity index (χ3v) is 6.60. The lowest BCUT2D eigenvalue weighted by atomic mass is 9.84. The molecule has 0 saturated carbocycles. The van der Waals surface area contributed by atoms with E-state index < -0.39 is 16.1 Å². The molecule has 2 aromatic rings. The van der Waals surface area contributed by atoms with Crippen LogP contribution in [0.3, 0.4) is 0 Å². The number of aryl methyl sites for hydroxylation is 1. The number of hydrogen-bond acceptors (Lipinski definition) is 3. The lowest BCUT2D eigenvalue weighted by Gasteiger charge is -2.33. The van der Waals surface area contributed by atoms with Gasteiger partial charge in [0.2, 0.25) is 0 Å². The summed E-state index contributed by atoms with van der Waals surface area (Å²) in [7, 11) is -3.79. The molecule has 2 amide bonds. The quantitative estimate of drug-likeness (QED) is 0.912. The highest BCUT2D eigenvalue weighted by atomic mass is 32.2. The van der Waals surface area contributed by atoms with Gasteiger partial charge in [-0.1, -0.05) is 36.4 Å². The second kappa shape index (κ2) is 5.63. The van der Waals surface area contributed by atoms with Crippen LogP contribution in [0.15, 0.2) is 53.4 Å². The molecule has 5 nitrogen and oxygen atoms in total. The Balaban J connectivity index is 1.60. The monoisotopic (exact) mass is 342 g/mol. The Labute approximate surface area is 141 Å². The van der Waals surface area contributed by atoms with Crippen LogP contribution in [0.2, 0.25) is 0 Å². The van der Waals surface area contributed by atoms with Crippen LogP contribution in [0, 0.1) is 5.92 Å². The number of nitrogens with one attached hydrogen (secondary N) is 1. The number of fused-ring (bicyclic) bond motifs is 2. The van der Waals surface area contributed by atoms with Gasteiger partial charge in [-0.2, -0.15) is 0 Å². The maximum absolute atomic E-state index is 12.8. The van der Waals surface area contributed by atoms with Crippen molar-refractivity contribution in [1.82, 2.24) is 4.31 Å².